The van der Waals surface area contributed by atoms with Crippen LogP contribution in [0, 0.1) is 17.8 Å². The van der Waals surface area contributed by atoms with Gasteiger partial charge in [0.25, 0.3) is 0 Å². The smallest absolute Gasteiger partial charge is 0.316 e. The molecular formula is C23H36N6O. The summed E-state index contributed by atoms with van der Waals surface area (Å²) < 4.78 is 0. The van der Waals surface area contributed by atoms with E-state index in [-0.39, 0.29) is 17.8 Å². The van der Waals surface area contributed by atoms with E-state index in [2.05, 4.69) is 69.9 Å². The van der Waals surface area contributed by atoms with E-state index in [9.17, 15) is 4.79 Å². The average molecular weight is 413 g/mol. The van der Waals surface area contributed by atoms with Crippen LogP contribution in [0.2, 0.25) is 0 Å². The monoisotopic (exact) mass is 412 g/mol. The molecule has 7 heteroatoms. The molecule has 1 aliphatic heterocycles. The molecule has 1 aliphatic carbocycles. The summed E-state index contributed by atoms with van der Waals surface area (Å²) in [4.78, 5) is 20.4. The number of hydrogen-bond donors (Lipinski definition) is 4. The SMILES string of the molecule is C=C(N=CC=NC)NC(=O)N/C(=C/CNC)C1C[C@H](C)C=C(C2=CCNCC2)[C@H]1C. The van der Waals surface area contributed by atoms with E-state index in [0.717, 1.165) is 31.6 Å². The Hall–Kier alpha value is -2.51. The van der Waals surface area contributed by atoms with Crippen molar-refractivity contribution in [3.63, 3.8) is 0 Å². The normalized spacial score (nSPS) is 25.2. The molecule has 0 spiro atoms. The molecule has 2 rings (SSSR count). The van der Waals surface area contributed by atoms with Gasteiger partial charge >= 0.3 is 6.03 Å². The van der Waals surface area contributed by atoms with E-state index in [4.69, 9.17) is 0 Å². The fraction of sp³-hybridized carbons (Fsp3) is 0.522. The van der Waals surface area contributed by atoms with Crippen LogP contribution in [0.5, 0.6) is 0 Å². The lowest BCUT2D eigenvalue weighted by Crippen LogP contribution is -2.39. The first kappa shape index (κ1) is 23.8. The molecular weight excluding hydrogens is 376 g/mol. The highest BCUT2D eigenvalue weighted by molar-refractivity contribution is 6.16. The number of allylic oxidation sites excluding steroid dienone is 3. The Balaban J connectivity index is 2.15. The number of nitrogens with one attached hydrogen (secondary N) is 4. The second-order valence-electron chi connectivity index (χ2n) is 7.84. The Kier molecular flexibility index (Phi) is 9.70. The zero-order valence-corrected chi connectivity index (χ0v) is 18.7. The van der Waals surface area contributed by atoms with Gasteiger partial charge in [-0.05, 0) is 49.4 Å². The number of urea groups is 1. The lowest BCUT2D eigenvalue weighted by atomic mass is 9.71. The molecule has 0 radical (unpaired) electrons. The summed E-state index contributed by atoms with van der Waals surface area (Å²) in [6.07, 6.45) is 11.9. The maximum atomic E-state index is 12.6. The predicted molar refractivity (Wildman–Crippen MR) is 126 cm³/mol. The van der Waals surface area contributed by atoms with Crippen molar-refractivity contribution in [3.05, 3.63) is 47.5 Å². The van der Waals surface area contributed by atoms with Crippen LogP contribution in [0.15, 0.2) is 57.5 Å². The first-order valence-electron chi connectivity index (χ1n) is 10.6. The molecule has 2 amide bonds. The van der Waals surface area contributed by atoms with Crippen molar-refractivity contribution in [2.45, 2.75) is 26.7 Å². The Morgan fingerprint density at radius 3 is 2.80 bits per heavy atom. The maximum absolute atomic E-state index is 12.6. The zero-order chi connectivity index (χ0) is 21.9. The Labute approximate surface area is 180 Å². The lowest BCUT2D eigenvalue weighted by Gasteiger charge is -2.36. The Bertz CT molecular complexity index is 762. The van der Waals surface area contributed by atoms with E-state index in [0.29, 0.717) is 18.4 Å². The maximum Gasteiger partial charge on any atom is 0.324 e. The van der Waals surface area contributed by atoms with Gasteiger partial charge in [0, 0.05) is 44.2 Å². The predicted octanol–water partition coefficient (Wildman–Crippen LogP) is 2.77. The molecule has 0 saturated heterocycles. The highest BCUT2D eigenvalue weighted by Crippen LogP contribution is 2.40. The highest BCUT2D eigenvalue weighted by atomic mass is 16.2. The molecule has 0 aromatic heterocycles. The summed E-state index contributed by atoms with van der Waals surface area (Å²) in [6, 6.07) is -0.329. The van der Waals surface area contributed by atoms with E-state index >= 15 is 0 Å². The van der Waals surface area contributed by atoms with Gasteiger partial charge in [0.1, 0.15) is 5.82 Å². The fourth-order valence-corrected chi connectivity index (χ4v) is 4.05. The molecule has 0 aromatic carbocycles. The van der Waals surface area contributed by atoms with E-state index in [1.54, 1.807) is 7.05 Å². The van der Waals surface area contributed by atoms with Crippen molar-refractivity contribution < 1.29 is 4.79 Å². The van der Waals surface area contributed by atoms with Crippen LogP contribution >= 0.6 is 0 Å². The number of carbonyl (C=O) groups is 1. The molecule has 0 aromatic rings. The van der Waals surface area contributed by atoms with Gasteiger partial charge in [-0.15, -0.1) is 0 Å². The van der Waals surface area contributed by atoms with E-state index < -0.39 is 0 Å². The quantitative estimate of drug-likeness (QED) is 0.462. The van der Waals surface area contributed by atoms with Gasteiger partial charge in [-0.3, -0.25) is 10.3 Å². The van der Waals surface area contributed by atoms with Crippen molar-refractivity contribution in [2.24, 2.45) is 27.7 Å². The second-order valence-corrected chi connectivity index (χ2v) is 7.84. The molecule has 3 atom stereocenters. The van der Waals surface area contributed by atoms with Gasteiger partial charge in [0.2, 0.25) is 0 Å². The van der Waals surface area contributed by atoms with Crippen LogP contribution in [0.4, 0.5) is 4.79 Å². The topological polar surface area (TPSA) is 89.9 Å². The number of rotatable bonds is 8. The summed E-state index contributed by atoms with van der Waals surface area (Å²) in [6.45, 7) is 10.9. The summed E-state index contributed by atoms with van der Waals surface area (Å²) in [5, 5.41) is 12.3. The number of carbonyl (C=O) groups excluding carboxylic acids is 1. The standard InChI is InChI=1S/C23H36N6O/c1-16-14-20(19-6-10-26-11-7-19)17(2)21(15-16)22(8-9-24-4)29-23(30)28-18(3)27-13-12-25-5/h6,8,12-14,16-17,21,24,26H,3,7,9-11,15H2,1-2,4-5H3,(H2,28,29,30)/b22-8+,25-12?,27-13?/t16-,17-,21?/m1/s1. The van der Waals surface area contributed by atoms with Gasteiger partial charge in [-0.2, -0.15) is 0 Å². The van der Waals surface area contributed by atoms with Gasteiger partial charge in [0.15, 0.2) is 0 Å². The third kappa shape index (κ3) is 7.07. The van der Waals surface area contributed by atoms with E-state index in [1.165, 1.54) is 23.6 Å². The van der Waals surface area contributed by atoms with Crippen molar-refractivity contribution in [1.82, 2.24) is 21.3 Å². The van der Waals surface area contributed by atoms with Gasteiger partial charge in [-0.25, -0.2) is 9.79 Å². The first-order valence-corrected chi connectivity index (χ1v) is 10.6. The molecule has 1 heterocycles. The molecule has 1 unspecified atom stereocenters. The number of nitrogens with zero attached hydrogens (tertiary/aromatic N) is 2. The van der Waals surface area contributed by atoms with Crippen molar-refractivity contribution in [1.29, 1.82) is 0 Å². The molecule has 7 nitrogen and oxygen atoms in total. The van der Waals surface area contributed by atoms with Gasteiger partial charge < -0.3 is 16.0 Å². The van der Waals surface area contributed by atoms with Crippen LogP contribution in [-0.2, 0) is 0 Å². The third-order valence-electron chi connectivity index (χ3n) is 5.51. The largest absolute Gasteiger partial charge is 0.324 e. The lowest BCUT2D eigenvalue weighted by molar-refractivity contribution is 0.242. The highest BCUT2D eigenvalue weighted by Gasteiger charge is 2.32. The Morgan fingerprint density at radius 1 is 1.33 bits per heavy atom. The fourth-order valence-electron chi connectivity index (χ4n) is 4.05. The van der Waals surface area contributed by atoms with Crippen molar-refractivity contribution >= 4 is 18.5 Å². The molecule has 4 N–H and O–H groups in total. The molecule has 164 valence electrons. The summed E-state index contributed by atoms with van der Waals surface area (Å²) in [5.41, 5.74) is 3.80. The van der Waals surface area contributed by atoms with E-state index in [1.807, 2.05) is 7.05 Å². The molecule has 0 bridgehead atoms. The number of hydrogen-bond acceptors (Lipinski definition) is 5. The summed E-state index contributed by atoms with van der Waals surface area (Å²) >= 11 is 0. The van der Waals surface area contributed by atoms with Crippen LogP contribution in [0.1, 0.15) is 26.7 Å². The minimum Gasteiger partial charge on any atom is -0.316 e. The Morgan fingerprint density at radius 2 is 2.13 bits per heavy atom. The summed E-state index contributed by atoms with van der Waals surface area (Å²) in [7, 11) is 3.56. The summed E-state index contributed by atoms with van der Waals surface area (Å²) in [5.74, 6) is 1.29. The van der Waals surface area contributed by atoms with Crippen molar-refractivity contribution in [3.8, 4) is 0 Å². The zero-order valence-electron chi connectivity index (χ0n) is 18.7. The first-order chi connectivity index (χ1) is 14.5. The molecule has 0 saturated carbocycles. The average Bonchev–Trinajstić information content (AvgIpc) is 2.73. The van der Waals surface area contributed by atoms with Crippen LogP contribution in [0.25, 0.3) is 0 Å². The number of aliphatic imine (C=N–C) groups is 2. The van der Waals surface area contributed by atoms with Gasteiger partial charge in [-0.1, -0.05) is 38.7 Å². The number of amides is 2. The minimum absolute atomic E-state index is 0.235. The second kappa shape index (κ2) is 12.2. The van der Waals surface area contributed by atoms with Gasteiger partial charge in [0.05, 0.1) is 0 Å². The molecule has 30 heavy (non-hydrogen) atoms. The molecule has 2 aliphatic rings. The third-order valence-corrected chi connectivity index (χ3v) is 5.51. The van der Waals surface area contributed by atoms with Crippen molar-refractivity contribution in [2.75, 3.05) is 33.7 Å². The minimum atomic E-state index is -0.329. The van der Waals surface area contributed by atoms with Crippen LogP contribution in [-0.4, -0.2) is 52.2 Å². The number of likely N-dealkylation sites (N-methyl/N-ethyl adjacent to an activating group) is 1. The van der Waals surface area contributed by atoms with Crippen LogP contribution < -0.4 is 21.3 Å². The molecule has 0 fully saturated rings. The van der Waals surface area contributed by atoms with Crippen LogP contribution in [0.3, 0.4) is 0 Å².